The third kappa shape index (κ3) is 3.58. The molecule has 0 aliphatic heterocycles. The molecule has 0 fully saturated rings. The second-order valence-electron chi connectivity index (χ2n) is 6.10. The van der Waals surface area contributed by atoms with Gasteiger partial charge in [0.2, 0.25) is 0 Å². The summed E-state index contributed by atoms with van der Waals surface area (Å²) in [6.45, 7) is 4.25. The van der Waals surface area contributed by atoms with Crippen LogP contribution in [0.5, 0.6) is 0 Å². The van der Waals surface area contributed by atoms with Crippen molar-refractivity contribution in [3.8, 4) is 22.5 Å². The van der Waals surface area contributed by atoms with Gasteiger partial charge >= 0.3 is 0 Å². The molecule has 2 nitrogen and oxygen atoms in total. The van der Waals surface area contributed by atoms with Crippen LogP contribution in [0.15, 0.2) is 79.1 Å². The van der Waals surface area contributed by atoms with Crippen molar-refractivity contribution >= 4 is 0 Å². The molecule has 0 atom stereocenters. The van der Waals surface area contributed by atoms with Gasteiger partial charge in [-0.1, -0.05) is 30.7 Å². The number of aromatic nitrogens is 2. The van der Waals surface area contributed by atoms with Crippen LogP contribution < -0.4 is 4.57 Å². The Morgan fingerprint density at radius 3 is 2.35 bits per heavy atom. The summed E-state index contributed by atoms with van der Waals surface area (Å²) >= 11 is 0. The average molecular weight is 412 g/mol. The fraction of sp³-hybridized carbons (Fsp3) is 0.0870. The molecule has 0 bridgehead atoms. The van der Waals surface area contributed by atoms with Crippen molar-refractivity contribution in [2.24, 2.45) is 0 Å². The van der Waals surface area contributed by atoms with E-state index in [1.165, 1.54) is 5.56 Å². The summed E-state index contributed by atoms with van der Waals surface area (Å²) in [4.78, 5) is 0. The molecule has 0 saturated heterocycles. The van der Waals surface area contributed by atoms with E-state index in [1.54, 1.807) is 0 Å². The second-order valence-corrected chi connectivity index (χ2v) is 6.10. The number of benzene rings is 3. The van der Waals surface area contributed by atoms with E-state index >= 15 is 0 Å². The Morgan fingerprint density at radius 2 is 1.62 bits per heavy atom. The predicted octanol–water partition coefficient (Wildman–Crippen LogP) is 4.64. The molecule has 3 heteroatoms. The fourth-order valence-electron chi connectivity index (χ4n) is 3.09. The molecule has 4 aromatic rings. The van der Waals surface area contributed by atoms with E-state index in [9.17, 15) is 0 Å². The topological polar surface area (TPSA) is 8.81 Å². The van der Waals surface area contributed by atoms with Crippen molar-refractivity contribution in [1.82, 2.24) is 4.57 Å². The predicted molar refractivity (Wildman–Crippen MR) is 99.9 cm³/mol. The van der Waals surface area contributed by atoms with E-state index in [4.69, 9.17) is 0 Å². The van der Waals surface area contributed by atoms with E-state index in [1.807, 2.05) is 24.3 Å². The Balaban J connectivity index is 0.00000196. The minimum atomic E-state index is 0. The molecule has 1 heterocycles. The smallest absolute Gasteiger partial charge is 0.226 e. The van der Waals surface area contributed by atoms with Crippen LogP contribution in [0.4, 0.5) is 0 Å². The zero-order valence-electron chi connectivity index (χ0n) is 15.0. The maximum absolute atomic E-state index is 3.57. The van der Waals surface area contributed by atoms with Crippen molar-refractivity contribution in [1.29, 1.82) is 0 Å². The molecule has 0 saturated carbocycles. The first-order valence-corrected chi connectivity index (χ1v) is 8.39. The van der Waals surface area contributed by atoms with Gasteiger partial charge in [-0.3, -0.25) is 0 Å². The third-order valence-corrected chi connectivity index (χ3v) is 4.46. The van der Waals surface area contributed by atoms with Gasteiger partial charge in [0.25, 0.3) is 5.82 Å². The van der Waals surface area contributed by atoms with Crippen molar-refractivity contribution in [3.63, 3.8) is 0 Å². The van der Waals surface area contributed by atoms with E-state index in [0.717, 1.165) is 28.3 Å². The first kappa shape index (κ1) is 18.8. The minimum absolute atomic E-state index is 0. The molecule has 125 valence electrons. The largest absolute Gasteiger partial charge is 0.262 e. The van der Waals surface area contributed by atoms with E-state index in [0.29, 0.717) is 0 Å². The number of imidazole rings is 1. The van der Waals surface area contributed by atoms with Crippen molar-refractivity contribution < 1.29 is 37.3 Å². The summed E-state index contributed by atoms with van der Waals surface area (Å²) in [6.07, 6.45) is 4.19. The monoisotopic (exact) mass is 412 g/mol. The summed E-state index contributed by atoms with van der Waals surface area (Å²) in [5.41, 5.74) is 5.54. The number of hydrogen-bond acceptors (Lipinski definition) is 0. The quantitative estimate of drug-likeness (QED) is 0.343. The molecular formula is C23H19N2Y-. The van der Waals surface area contributed by atoms with E-state index in [2.05, 4.69) is 90.0 Å². The number of para-hydroxylation sites is 1. The molecule has 1 aromatic heterocycles. The Kier molecular flexibility index (Phi) is 5.85. The first-order valence-electron chi connectivity index (χ1n) is 8.39. The van der Waals surface area contributed by atoms with Gasteiger partial charge in [0, 0.05) is 45.3 Å². The van der Waals surface area contributed by atoms with Crippen LogP contribution in [0.1, 0.15) is 11.4 Å². The van der Waals surface area contributed by atoms with E-state index in [-0.39, 0.29) is 32.7 Å². The standard InChI is InChI=1S/C23H19N2.Y/c1-18-13-14-21(20-9-5-3-6-10-20)17-23(18)25-16-15-24(19(25)2)22-11-7-4-8-12-22;/h3-9,11-16H,1-2H3;/q-1;. The summed E-state index contributed by atoms with van der Waals surface area (Å²) in [6, 6.07) is 29.5. The van der Waals surface area contributed by atoms with Crippen LogP contribution in [0.3, 0.4) is 0 Å². The molecule has 0 N–H and O–H groups in total. The molecule has 1 radical (unpaired) electrons. The van der Waals surface area contributed by atoms with Crippen molar-refractivity contribution in [2.45, 2.75) is 13.8 Å². The first-order chi connectivity index (χ1) is 12.2. The number of nitrogens with zero attached hydrogens (tertiary/aromatic N) is 2. The molecular weight excluding hydrogens is 393 g/mol. The number of hydrogen-bond donors (Lipinski definition) is 0. The zero-order valence-corrected chi connectivity index (χ0v) is 17.8. The van der Waals surface area contributed by atoms with Crippen LogP contribution in [-0.4, -0.2) is 4.57 Å². The van der Waals surface area contributed by atoms with Gasteiger partial charge in [-0.15, -0.1) is 18.2 Å². The Labute approximate surface area is 180 Å². The summed E-state index contributed by atoms with van der Waals surface area (Å²) in [5, 5.41) is 0. The molecule has 4 rings (SSSR count). The Bertz CT molecular complexity index is 1010. The van der Waals surface area contributed by atoms with Gasteiger partial charge in [-0.25, -0.2) is 15.7 Å². The van der Waals surface area contributed by atoms with Crippen LogP contribution in [0, 0.1) is 26.0 Å². The summed E-state index contributed by atoms with van der Waals surface area (Å²) < 4.78 is 4.38. The molecule has 0 spiro atoms. The molecule has 0 aliphatic rings. The fourth-order valence-corrected chi connectivity index (χ4v) is 3.09. The van der Waals surface area contributed by atoms with Gasteiger partial charge in [0.05, 0.1) is 0 Å². The second kappa shape index (κ2) is 8.11. The van der Waals surface area contributed by atoms with Crippen LogP contribution in [0.25, 0.3) is 22.5 Å². The number of rotatable bonds is 3. The molecule has 3 aromatic carbocycles. The number of aryl methyl sites for hydroxylation is 1. The molecule has 0 aliphatic carbocycles. The summed E-state index contributed by atoms with van der Waals surface area (Å²) in [7, 11) is 0. The SMILES string of the molecule is Cc1ccc(-c2[c-]cccc2)[c-]c1-[n+]1ccn(-c2ccccc2)c1C.[Y]. The normalized spacial score (nSPS) is 10.4. The average Bonchev–Trinajstić information content (AvgIpc) is 3.05. The van der Waals surface area contributed by atoms with Gasteiger partial charge in [0.1, 0.15) is 18.1 Å². The summed E-state index contributed by atoms with van der Waals surface area (Å²) in [5.74, 6) is 1.14. The third-order valence-electron chi connectivity index (χ3n) is 4.46. The maximum atomic E-state index is 3.57. The molecule has 0 unspecified atom stereocenters. The van der Waals surface area contributed by atoms with Crippen molar-refractivity contribution in [2.75, 3.05) is 0 Å². The Morgan fingerprint density at radius 1 is 0.846 bits per heavy atom. The van der Waals surface area contributed by atoms with Crippen LogP contribution in [0.2, 0.25) is 0 Å². The Hall–Kier alpha value is -2.03. The van der Waals surface area contributed by atoms with Crippen molar-refractivity contribution in [3.05, 3.63) is 103 Å². The van der Waals surface area contributed by atoms with Gasteiger partial charge in [0.15, 0.2) is 0 Å². The zero-order chi connectivity index (χ0) is 17.2. The maximum Gasteiger partial charge on any atom is 0.262 e. The van der Waals surface area contributed by atoms with Crippen LogP contribution >= 0.6 is 0 Å². The minimum Gasteiger partial charge on any atom is -0.226 e. The van der Waals surface area contributed by atoms with Crippen LogP contribution in [-0.2, 0) is 32.7 Å². The van der Waals surface area contributed by atoms with Gasteiger partial charge in [-0.2, -0.15) is 34.9 Å². The van der Waals surface area contributed by atoms with Gasteiger partial charge < -0.3 is 0 Å². The van der Waals surface area contributed by atoms with E-state index < -0.39 is 0 Å². The molecule has 26 heavy (non-hydrogen) atoms. The van der Waals surface area contributed by atoms with Gasteiger partial charge in [-0.05, 0) is 12.1 Å². The molecule has 0 amide bonds.